The first kappa shape index (κ1) is 9.76. The third kappa shape index (κ3) is 2.07. The second-order valence-corrected chi connectivity index (χ2v) is 2.44. The highest BCUT2D eigenvalue weighted by Gasteiger charge is 2.10. The van der Waals surface area contributed by atoms with Gasteiger partial charge in [-0.25, -0.2) is 10.3 Å². The lowest BCUT2D eigenvalue weighted by Gasteiger charge is -2.06. The lowest BCUT2D eigenvalue weighted by molar-refractivity contribution is 0.123. The van der Waals surface area contributed by atoms with E-state index in [4.69, 9.17) is 5.90 Å². The lowest BCUT2D eigenvalue weighted by Crippen LogP contribution is -2.00. The number of hydrogen-bond acceptors (Lipinski definition) is 4. The van der Waals surface area contributed by atoms with Crippen molar-refractivity contribution >= 4 is 0 Å². The van der Waals surface area contributed by atoms with E-state index >= 15 is 0 Å². The Bertz CT molecular complexity index is 280. The van der Waals surface area contributed by atoms with E-state index in [1.165, 1.54) is 19.2 Å². The molecular formula is C8H10FNO3. The van der Waals surface area contributed by atoms with Gasteiger partial charge in [0.25, 0.3) is 0 Å². The second-order valence-electron chi connectivity index (χ2n) is 2.44. The van der Waals surface area contributed by atoms with Crippen LogP contribution in [0.3, 0.4) is 0 Å². The van der Waals surface area contributed by atoms with Gasteiger partial charge in [0.05, 0.1) is 13.7 Å². The number of aromatic hydroxyl groups is 1. The molecule has 5 heteroatoms. The highest BCUT2D eigenvalue weighted by Crippen LogP contribution is 2.30. The summed E-state index contributed by atoms with van der Waals surface area (Å²) in [6.07, 6.45) is 0. The summed E-state index contributed by atoms with van der Waals surface area (Å²) in [4.78, 5) is 4.29. The Balaban J connectivity index is 3.05. The number of halogens is 1. The van der Waals surface area contributed by atoms with Gasteiger partial charge < -0.3 is 9.84 Å². The highest BCUT2D eigenvalue weighted by molar-refractivity contribution is 5.42. The first-order valence-electron chi connectivity index (χ1n) is 3.56. The van der Waals surface area contributed by atoms with Crippen LogP contribution in [0.15, 0.2) is 12.1 Å². The summed E-state index contributed by atoms with van der Waals surface area (Å²) >= 11 is 0. The zero-order chi connectivity index (χ0) is 9.84. The van der Waals surface area contributed by atoms with Crippen molar-refractivity contribution in [3.63, 3.8) is 0 Å². The van der Waals surface area contributed by atoms with Crippen LogP contribution in [-0.2, 0) is 11.4 Å². The SMILES string of the molecule is COc1c(O)cc(CON)cc1F. The number of phenols is 1. The molecule has 0 fully saturated rings. The van der Waals surface area contributed by atoms with E-state index in [0.29, 0.717) is 5.56 Å². The Labute approximate surface area is 74.6 Å². The van der Waals surface area contributed by atoms with Crippen LogP contribution in [0.1, 0.15) is 5.56 Å². The summed E-state index contributed by atoms with van der Waals surface area (Å²) in [5, 5.41) is 9.24. The molecule has 0 heterocycles. The van der Waals surface area contributed by atoms with Crippen LogP contribution in [0.4, 0.5) is 4.39 Å². The number of nitrogens with two attached hydrogens (primary N) is 1. The maximum Gasteiger partial charge on any atom is 0.196 e. The molecule has 0 saturated carbocycles. The van der Waals surface area contributed by atoms with Crippen LogP contribution >= 0.6 is 0 Å². The molecule has 0 aromatic heterocycles. The van der Waals surface area contributed by atoms with Crippen molar-refractivity contribution < 1.29 is 19.1 Å². The van der Waals surface area contributed by atoms with Gasteiger partial charge in [0.15, 0.2) is 17.3 Å². The van der Waals surface area contributed by atoms with Crippen LogP contribution in [0, 0.1) is 5.82 Å². The molecule has 0 atom stereocenters. The summed E-state index contributed by atoms with van der Waals surface area (Å²) in [7, 11) is 1.28. The number of rotatable bonds is 3. The van der Waals surface area contributed by atoms with E-state index in [9.17, 15) is 9.50 Å². The zero-order valence-corrected chi connectivity index (χ0v) is 7.08. The van der Waals surface area contributed by atoms with Gasteiger partial charge in [0, 0.05) is 0 Å². The molecule has 0 aliphatic rings. The fourth-order valence-electron chi connectivity index (χ4n) is 1.02. The number of phenolic OH excluding ortho intramolecular Hbond substituents is 1. The number of methoxy groups -OCH3 is 1. The molecule has 0 saturated heterocycles. The molecular weight excluding hydrogens is 177 g/mol. The van der Waals surface area contributed by atoms with Crippen molar-refractivity contribution in [3.8, 4) is 11.5 Å². The van der Waals surface area contributed by atoms with Crippen molar-refractivity contribution in [2.75, 3.05) is 7.11 Å². The Hall–Kier alpha value is -1.33. The van der Waals surface area contributed by atoms with Gasteiger partial charge in [-0.2, -0.15) is 0 Å². The average molecular weight is 187 g/mol. The molecule has 1 aromatic rings. The molecule has 0 radical (unpaired) electrons. The van der Waals surface area contributed by atoms with Crippen molar-refractivity contribution in [3.05, 3.63) is 23.5 Å². The van der Waals surface area contributed by atoms with Crippen molar-refractivity contribution in [2.24, 2.45) is 5.90 Å². The monoisotopic (exact) mass is 187 g/mol. The summed E-state index contributed by atoms with van der Waals surface area (Å²) in [6, 6.07) is 2.51. The first-order chi connectivity index (χ1) is 6.19. The minimum atomic E-state index is -0.644. The maximum absolute atomic E-state index is 13.1. The van der Waals surface area contributed by atoms with Crippen LogP contribution in [-0.4, -0.2) is 12.2 Å². The average Bonchev–Trinajstić information content (AvgIpc) is 2.04. The maximum atomic E-state index is 13.1. The minimum Gasteiger partial charge on any atom is -0.504 e. The molecule has 4 nitrogen and oxygen atoms in total. The molecule has 0 bridgehead atoms. The van der Waals surface area contributed by atoms with Gasteiger partial charge in [-0.15, -0.1) is 0 Å². The lowest BCUT2D eigenvalue weighted by atomic mass is 10.2. The molecule has 0 amide bonds. The van der Waals surface area contributed by atoms with E-state index in [2.05, 4.69) is 9.57 Å². The fourth-order valence-corrected chi connectivity index (χ4v) is 1.02. The molecule has 0 aliphatic carbocycles. The van der Waals surface area contributed by atoms with Gasteiger partial charge in [-0.05, 0) is 17.7 Å². The van der Waals surface area contributed by atoms with Gasteiger partial charge in [0.1, 0.15) is 0 Å². The Kier molecular flexibility index (Phi) is 3.05. The van der Waals surface area contributed by atoms with E-state index in [0.717, 1.165) is 0 Å². The number of hydrogen-bond donors (Lipinski definition) is 2. The van der Waals surface area contributed by atoms with Crippen LogP contribution in [0.25, 0.3) is 0 Å². The highest BCUT2D eigenvalue weighted by atomic mass is 19.1. The van der Waals surface area contributed by atoms with Gasteiger partial charge >= 0.3 is 0 Å². The molecule has 0 aliphatic heterocycles. The molecule has 72 valence electrons. The molecule has 3 N–H and O–H groups in total. The normalized spacial score (nSPS) is 10.1. The van der Waals surface area contributed by atoms with Crippen LogP contribution in [0.2, 0.25) is 0 Å². The summed E-state index contributed by atoms with van der Waals surface area (Å²) < 4.78 is 17.7. The third-order valence-electron chi connectivity index (χ3n) is 1.54. The van der Waals surface area contributed by atoms with Gasteiger partial charge in [0.2, 0.25) is 0 Å². The quantitative estimate of drug-likeness (QED) is 0.691. The molecule has 1 aromatic carbocycles. The standard InChI is InChI=1S/C8H10FNO3/c1-12-8-6(9)2-5(4-13-10)3-7(8)11/h2-3,11H,4,10H2,1H3. The zero-order valence-electron chi connectivity index (χ0n) is 7.08. The van der Waals surface area contributed by atoms with E-state index in [1.54, 1.807) is 0 Å². The number of ether oxygens (including phenoxy) is 1. The predicted molar refractivity (Wildman–Crippen MR) is 43.6 cm³/mol. The van der Waals surface area contributed by atoms with Crippen LogP contribution < -0.4 is 10.6 Å². The Morgan fingerprint density at radius 1 is 1.54 bits per heavy atom. The van der Waals surface area contributed by atoms with E-state index < -0.39 is 5.82 Å². The Morgan fingerprint density at radius 2 is 2.23 bits per heavy atom. The van der Waals surface area contributed by atoms with Crippen LogP contribution in [0.5, 0.6) is 11.5 Å². The molecule has 13 heavy (non-hydrogen) atoms. The third-order valence-corrected chi connectivity index (χ3v) is 1.54. The topological polar surface area (TPSA) is 64.7 Å². The largest absolute Gasteiger partial charge is 0.504 e. The first-order valence-corrected chi connectivity index (χ1v) is 3.56. The van der Waals surface area contributed by atoms with Crippen molar-refractivity contribution in [1.29, 1.82) is 0 Å². The minimum absolute atomic E-state index is 0.0362. The molecule has 0 unspecified atom stereocenters. The molecule has 1 rings (SSSR count). The van der Waals surface area contributed by atoms with E-state index in [1.807, 2.05) is 0 Å². The van der Waals surface area contributed by atoms with E-state index in [-0.39, 0.29) is 18.1 Å². The molecule has 0 spiro atoms. The van der Waals surface area contributed by atoms with Crippen molar-refractivity contribution in [2.45, 2.75) is 6.61 Å². The Morgan fingerprint density at radius 3 is 2.69 bits per heavy atom. The second kappa shape index (κ2) is 4.06. The van der Waals surface area contributed by atoms with Gasteiger partial charge in [-0.1, -0.05) is 0 Å². The smallest absolute Gasteiger partial charge is 0.196 e. The fraction of sp³-hybridized carbons (Fsp3) is 0.250. The van der Waals surface area contributed by atoms with Gasteiger partial charge in [-0.3, -0.25) is 4.84 Å². The number of benzene rings is 1. The summed E-state index contributed by atoms with van der Waals surface area (Å²) in [6.45, 7) is 0.0362. The predicted octanol–water partition coefficient (Wildman–Crippen LogP) is 0.930. The van der Waals surface area contributed by atoms with Crippen molar-refractivity contribution in [1.82, 2.24) is 0 Å². The summed E-state index contributed by atoms with van der Waals surface area (Å²) in [5.41, 5.74) is 0.443. The summed E-state index contributed by atoms with van der Waals surface area (Å²) in [5.74, 6) is 3.70.